The Kier molecular flexibility index (Phi) is 3.74. The highest BCUT2D eigenvalue weighted by Gasteiger charge is 2.26. The number of primary amides is 1. The molecule has 5 heteroatoms. The average molecular weight is 261 g/mol. The van der Waals surface area contributed by atoms with Crippen LogP contribution in [0.2, 0.25) is 0 Å². The minimum atomic E-state index is -0.807. The van der Waals surface area contributed by atoms with Gasteiger partial charge in [0.2, 0.25) is 5.91 Å². The van der Waals surface area contributed by atoms with Gasteiger partial charge in [0.15, 0.2) is 0 Å². The van der Waals surface area contributed by atoms with Crippen molar-refractivity contribution in [3.05, 3.63) is 29.3 Å². The summed E-state index contributed by atoms with van der Waals surface area (Å²) in [6.45, 7) is 4.65. The second-order valence-electron chi connectivity index (χ2n) is 4.96. The Bertz CT molecular complexity index is 513. The van der Waals surface area contributed by atoms with E-state index in [1.807, 2.05) is 17.0 Å². The van der Waals surface area contributed by atoms with Crippen LogP contribution in [0.3, 0.4) is 0 Å². The third kappa shape index (κ3) is 2.86. The zero-order valence-corrected chi connectivity index (χ0v) is 11.3. The van der Waals surface area contributed by atoms with Crippen molar-refractivity contribution in [1.82, 2.24) is 5.32 Å². The van der Waals surface area contributed by atoms with E-state index in [1.165, 1.54) is 11.1 Å². The van der Waals surface area contributed by atoms with E-state index in [0.717, 1.165) is 25.1 Å². The van der Waals surface area contributed by atoms with Crippen molar-refractivity contribution in [3.8, 4) is 0 Å². The van der Waals surface area contributed by atoms with Gasteiger partial charge in [0.25, 0.3) is 0 Å². The van der Waals surface area contributed by atoms with Gasteiger partial charge in [-0.25, -0.2) is 4.79 Å². The normalized spacial score (nSPS) is 15.6. The van der Waals surface area contributed by atoms with E-state index in [4.69, 9.17) is 5.73 Å². The van der Waals surface area contributed by atoms with Gasteiger partial charge in [-0.3, -0.25) is 10.1 Å². The zero-order valence-electron chi connectivity index (χ0n) is 11.3. The molecule has 0 aromatic heterocycles. The summed E-state index contributed by atoms with van der Waals surface area (Å²) in [7, 11) is 0. The lowest BCUT2D eigenvalue weighted by Gasteiger charge is -2.35. The molecule has 19 heavy (non-hydrogen) atoms. The average Bonchev–Trinajstić information content (AvgIpc) is 2.36. The maximum atomic E-state index is 11.9. The Balaban J connectivity index is 2.23. The molecule has 0 spiro atoms. The molecule has 0 aliphatic carbocycles. The number of hydrogen-bond donors (Lipinski definition) is 2. The van der Waals surface area contributed by atoms with Crippen molar-refractivity contribution >= 4 is 17.6 Å². The molecule has 5 nitrogen and oxygen atoms in total. The van der Waals surface area contributed by atoms with E-state index < -0.39 is 12.1 Å². The molecular weight excluding hydrogens is 242 g/mol. The molecule has 2 rings (SSSR count). The first-order valence-corrected chi connectivity index (χ1v) is 6.45. The molecule has 0 saturated heterocycles. The number of benzene rings is 1. The molecule has 1 aromatic carbocycles. The fraction of sp³-hybridized carbons (Fsp3) is 0.429. The number of carbonyl (C=O) groups is 2. The summed E-state index contributed by atoms with van der Waals surface area (Å²) in [5.41, 5.74) is 8.53. The molecule has 1 heterocycles. The molecule has 1 atom stereocenters. The van der Waals surface area contributed by atoms with Crippen molar-refractivity contribution < 1.29 is 9.59 Å². The van der Waals surface area contributed by atoms with Gasteiger partial charge in [-0.15, -0.1) is 0 Å². The third-order valence-electron chi connectivity index (χ3n) is 3.48. The number of urea groups is 1. The van der Waals surface area contributed by atoms with Crippen molar-refractivity contribution in [2.75, 3.05) is 11.4 Å². The number of anilines is 1. The molecule has 1 aromatic rings. The molecule has 0 unspecified atom stereocenters. The second kappa shape index (κ2) is 5.30. The predicted octanol–water partition coefficient (Wildman–Crippen LogP) is 1.33. The summed E-state index contributed by atoms with van der Waals surface area (Å²) >= 11 is 0. The van der Waals surface area contributed by atoms with Crippen LogP contribution in [0.15, 0.2) is 18.2 Å². The molecular formula is C14H19N3O2. The summed E-state index contributed by atoms with van der Waals surface area (Å²) in [5, 5.41) is 2.14. The molecule has 102 valence electrons. The van der Waals surface area contributed by atoms with Crippen LogP contribution >= 0.6 is 0 Å². The van der Waals surface area contributed by atoms with Crippen LogP contribution in [0.1, 0.15) is 24.5 Å². The molecule has 1 aliphatic heterocycles. The van der Waals surface area contributed by atoms with E-state index in [2.05, 4.69) is 18.3 Å². The maximum absolute atomic E-state index is 11.9. The number of rotatable bonds is 2. The van der Waals surface area contributed by atoms with Crippen LogP contribution in [0.25, 0.3) is 0 Å². The lowest BCUT2D eigenvalue weighted by Crippen LogP contribution is -2.50. The summed E-state index contributed by atoms with van der Waals surface area (Å²) in [6.07, 6.45) is 2.03. The van der Waals surface area contributed by atoms with Crippen molar-refractivity contribution in [1.29, 1.82) is 0 Å². The standard InChI is InChI=1S/C14H19N3O2/c1-9-5-6-12-11(8-9)4-3-7-17(12)10(2)13(18)16-14(15)19/h5-6,8,10H,3-4,7H2,1-2H3,(H3,15,16,18,19)/t10-/m1/s1. The first-order valence-electron chi connectivity index (χ1n) is 6.45. The van der Waals surface area contributed by atoms with Gasteiger partial charge in [-0.05, 0) is 38.3 Å². The van der Waals surface area contributed by atoms with E-state index in [1.54, 1.807) is 6.92 Å². The minimum Gasteiger partial charge on any atom is -0.360 e. The summed E-state index contributed by atoms with van der Waals surface area (Å²) in [5.74, 6) is -0.360. The first kappa shape index (κ1) is 13.4. The topological polar surface area (TPSA) is 75.4 Å². The van der Waals surface area contributed by atoms with Crippen LogP contribution in [0.4, 0.5) is 10.5 Å². The molecule has 0 bridgehead atoms. The van der Waals surface area contributed by atoms with Crippen LogP contribution < -0.4 is 16.0 Å². The molecule has 0 saturated carbocycles. The fourth-order valence-electron chi connectivity index (χ4n) is 2.52. The van der Waals surface area contributed by atoms with Crippen LogP contribution in [-0.2, 0) is 11.2 Å². The highest BCUT2D eigenvalue weighted by atomic mass is 16.2. The van der Waals surface area contributed by atoms with Gasteiger partial charge in [0.05, 0.1) is 0 Å². The molecule has 1 aliphatic rings. The maximum Gasteiger partial charge on any atom is 0.318 e. The SMILES string of the molecule is Cc1ccc2c(c1)CCCN2[C@H](C)C(=O)NC(N)=O. The molecule has 0 fully saturated rings. The van der Waals surface area contributed by atoms with E-state index in [9.17, 15) is 9.59 Å². The first-order chi connectivity index (χ1) is 8.99. The Hall–Kier alpha value is -2.04. The van der Waals surface area contributed by atoms with Crippen LogP contribution in [-0.4, -0.2) is 24.5 Å². The summed E-state index contributed by atoms with van der Waals surface area (Å²) < 4.78 is 0. The van der Waals surface area contributed by atoms with E-state index in [0.29, 0.717) is 0 Å². The molecule has 3 amide bonds. The predicted molar refractivity (Wildman–Crippen MR) is 74.0 cm³/mol. The zero-order chi connectivity index (χ0) is 14.0. The van der Waals surface area contributed by atoms with Crippen molar-refractivity contribution in [3.63, 3.8) is 0 Å². The van der Waals surface area contributed by atoms with Gasteiger partial charge >= 0.3 is 6.03 Å². The number of imide groups is 1. The van der Waals surface area contributed by atoms with Crippen molar-refractivity contribution in [2.24, 2.45) is 5.73 Å². The number of nitrogens with two attached hydrogens (primary N) is 1. The number of carbonyl (C=O) groups excluding carboxylic acids is 2. The number of aryl methyl sites for hydroxylation is 2. The largest absolute Gasteiger partial charge is 0.360 e. The lowest BCUT2D eigenvalue weighted by molar-refractivity contribution is -0.120. The highest BCUT2D eigenvalue weighted by molar-refractivity contribution is 5.97. The Morgan fingerprint density at radius 3 is 2.84 bits per heavy atom. The van der Waals surface area contributed by atoms with E-state index in [-0.39, 0.29) is 5.91 Å². The smallest absolute Gasteiger partial charge is 0.318 e. The number of nitrogens with zero attached hydrogens (tertiary/aromatic N) is 1. The number of amides is 3. The highest BCUT2D eigenvalue weighted by Crippen LogP contribution is 2.29. The number of hydrogen-bond acceptors (Lipinski definition) is 3. The summed E-state index contributed by atoms with van der Waals surface area (Å²) in [6, 6.07) is 5.01. The molecule has 0 radical (unpaired) electrons. The third-order valence-corrected chi connectivity index (χ3v) is 3.48. The Morgan fingerprint density at radius 1 is 1.42 bits per heavy atom. The van der Waals surface area contributed by atoms with Gasteiger partial charge in [-0.2, -0.15) is 0 Å². The number of fused-ring (bicyclic) bond motifs is 1. The monoisotopic (exact) mass is 261 g/mol. The quantitative estimate of drug-likeness (QED) is 0.843. The number of nitrogens with one attached hydrogen (secondary N) is 1. The molecule has 3 N–H and O–H groups in total. The van der Waals surface area contributed by atoms with Gasteiger partial charge in [0, 0.05) is 12.2 Å². The van der Waals surface area contributed by atoms with Crippen molar-refractivity contribution in [2.45, 2.75) is 32.7 Å². The van der Waals surface area contributed by atoms with Crippen LogP contribution in [0.5, 0.6) is 0 Å². The van der Waals surface area contributed by atoms with Crippen LogP contribution in [0, 0.1) is 6.92 Å². The van der Waals surface area contributed by atoms with E-state index >= 15 is 0 Å². The summed E-state index contributed by atoms with van der Waals surface area (Å²) in [4.78, 5) is 24.7. The van der Waals surface area contributed by atoms with Gasteiger partial charge in [0.1, 0.15) is 6.04 Å². The Morgan fingerprint density at radius 2 is 2.16 bits per heavy atom. The second-order valence-corrected chi connectivity index (χ2v) is 4.96. The minimum absolute atomic E-state index is 0.360. The fourth-order valence-corrected chi connectivity index (χ4v) is 2.52. The lowest BCUT2D eigenvalue weighted by atomic mass is 9.98. The Labute approximate surface area is 112 Å². The van der Waals surface area contributed by atoms with Gasteiger partial charge < -0.3 is 10.6 Å². The van der Waals surface area contributed by atoms with Gasteiger partial charge in [-0.1, -0.05) is 17.7 Å².